The lowest BCUT2D eigenvalue weighted by Crippen LogP contribution is -2.23. The first-order valence-electron chi connectivity index (χ1n) is 4.50. The predicted octanol–water partition coefficient (Wildman–Crippen LogP) is 1.26. The lowest BCUT2D eigenvalue weighted by atomic mass is 10.00. The number of carbonyl (C=O) groups excluding carboxylic acids is 1. The van der Waals surface area contributed by atoms with Gasteiger partial charge in [-0.1, -0.05) is 11.6 Å². The van der Waals surface area contributed by atoms with Gasteiger partial charge in [-0.3, -0.25) is 4.79 Å². The van der Waals surface area contributed by atoms with Crippen molar-refractivity contribution in [3.05, 3.63) is 28.5 Å². The normalized spacial score (nSPS) is 12.3. The first-order chi connectivity index (χ1) is 7.08. The Balaban J connectivity index is 3.06. The zero-order chi connectivity index (χ0) is 11.4. The van der Waals surface area contributed by atoms with Crippen LogP contribution in [0.2, 0.25) is 5.15 Å². The number of rotatable bonds is 3. The Hall–Kier alpha value is -1.13. The molecule has 15 heavy (non-hydrogen) atoms. The number of pyridine rings is 1. The van der Waals surface area contributed by atoms with Gasteiger partial charge >= 0.3 is 5.97 Å². The summed E-state index contributed by atoms with van der Waals surface area (Å²) in [6.45, 7) is 1.99. The van der Waals surface area contributed by atoms with Gasteiger partial charge in [0, 0.05) is 12.2 Å². The molecule has 0 bridgehead atoms. The molecule has 0 aliphatic carbocycles. The summed E-state index contributed by atoms with van der Waals surface area (Å²) in [7, 11) is 1.33. The van der Waals surface area contributed by atoms with Gasteiger partial charge in [-0.2, -0.15) is 0 Å². The average Bonchev–Trinajstić information content (AvgIpc) is 2.17. The number of methoxy groups -OCH3 is 1. The quantitative estimate of drug-likeness (QED) is 0.625. The summed E-state index contributed by atoms with van der Waals surface area (Å²) in [6.07, 6.45) is 0. The first kappa shape index (κ1) is 11.9. The predicted molar refractivity (Wildman–Crippen MR) is 57.8 cm³/mol. The van der Waals surface area contributed by atoms with Gasteiger partial charge in [0.2, 0.25) is 0 Å². The molecule has 1 unspecified atom stereocenters. The molecule has 1 aromatic rings. The third kappa shape index (κ3) is 2.91. The lowest BCUT2D eigenvalue weighted by molar-refractivity contribution is -0.142. The number of hydrogen-bond donors (Lipinski definition) is 1. The monoisotopic (exact) mass is 228 g/mol. The number of aromatic nitrogens is 1. The van der Waals surface area contributed by atoms with Crippen LogP contribution in [0.5, 0.6) is 0 Å². The number of ether oxygens (including phenoxy) is 1. The zero-order valence-corrected chi connectivity index (χ0v) is 9.41. The molecule has 82 valence electrons. The van der Waals surface area contributed by atoms with E-state index in [9.17, 15) is 4.79 Å². The van der Waals surface area contributed by atoms with Crippen LogP contribution in [0.1, 0.15) is 17.2 Å². The zero-order valence-electron chi connectivity index (χ0n) is 8.66. The number of hydrogen-bond acceptors (Lipinski definition) is 4. The third-order valence-electron chi connectivity index (χ3n) is 2.07. The van der Waals surface area contributed by atoms with E-state index in [4.69, 9.17) is 17.3 Å². The van der Waals surface area contributed by atoms with Crippen LogP contribution in [-0.4, -0.2) is 24.6 Å². The van der Waals surface area contributed by atoms with Crippen molar-refractivity contribution in [1.82, 2.24) is 4.98 Å². The van der Waals surface area contributed by atoms with Crippen LogP contribution in [0.3, 0.4) is 0 Å². The highest BCUT2D eigenvalue weighted by Gasteiger charge is 2.20. The number of nitrogens with zero attached hydrogens (tertiary/aromatic N) is 1. The molecule has 4 nitrogen and oxygen atoms in total. The van der Waals surface area contributed by atoms with Crippen LogP contribution >= 0.6 is 11.6 Å². The molecule has 0 saturated carbocycles. The Kier molecular flexibility index (Phi) is 4.05. The molecule has 0 aliphatic heterocycles. The summed E-state index contributed by atoms with van der Waals surface area (Å²) < 4.78 is 4.65. The van der Waals surface area contributed by atoms with E-state index < -0.39 is 5.92 Å². The molecular weight excluding hydrogens is 216 g/mol. The van der Waals surface area contributed by atoms with E-state index in [1.165, 1.54) is 7.11 Å². The number of esters is 1. The van der Waals surface area contributed by atoms with E-state index in [1.807, 2.05) is 0 Å². The largest absolute Gasteiger partial charge is 0.469 e. The molecule has 1 aromatic heterocycles. The van der Waals surface area contributed by atoms with E-state index in [-0.39, 0.29) is 12.5 Å². The summed E-state index contributed by atoms with van der Waals surface area (Å²) in [4.78, 5) is 15.4. The van der Waals surface area contributed by atoms with E-state index in [0.29, 0.717) is 5.15 Å². The van der Waals surface area contributed by atoms with Crippen LogP contribution in [0, 0.1) is 6.92 Å². The van der Waals surface area contributed by atoms with Crippen molar-refractivity contribution in [3.63, 3.8) is 0 Å². The van der Waals surface area contributed by atoms with Crippen LogP contribution in [-0.2, 0) is 9.53 Å². The second-order valence-corrected chi connectivity index (χ2v) is 3.56. The number of aryl methyl sites for hydroxylation is 1. The maximum absolute atomic E-state index is 11.4. The highest BCUT2D eigenvalue weighted by Crippen LogP contribution is 2.20. The Labute approximate surface area is 93.4 Å². The van der Waals surface area contributed by atoms with Crippen molar-refractivity contribution in [2.45, 2.75) is 12.8 Å². The molecule has 1 atom stereocenters. The Bertz CT molecular complexity index is 348. The second-order valence-electron chi connectivity index (χ2n) is 3.18. The number of halogens is 1. The molecular formula is C10H13ClN2O2. The standard InChI is InChI=1S/C10H13ClN2O2/c1-6-3-7(4-9(11)13-6)8(5-12)10(14)15-2/h3-4,8H,5,12H2,1-2H3. The number of carbonyl (C=O) groups is 1. The Morgan fingerprint density at radius 3 is 2.80 bits per heavy atom. The summed E-state index contributed by atoms with van der Waals surface area (Å²) >= 11 is 5.80. The minimum atomic E-state index is -0.478. The van der Waals surface area contributed by atoms with Gasteiger partial charge in [0.1, 0.15) is 5.15 Å². The van der Waals surface area contributed by atoms with Crippen molar-refractivity contribution in [2.75, 3.05) is 13.7 Å². The molecule has 0 radical (unpaired) electrons. The Morgan fingerprint density at radius 1 is 1.67 bits per heavy atom. The summed E-state index contributed by atoms with van der Waals surface area (Å²) in [6, 6.07) is 3.41. The fraction of sp³-hybridized carbons (Fsp3) is 0.400. The molecule has 1 rings (SSSR count). The van der Waals surface area contributed by atoms with Crippen molar-refractivity contribution in [1.29, 1.82) is 0 Å². The van der Waals surface area contributed by atoms with Gasteiger partial charge in [0.15, 0.2) is 0 Å². The molecule has 0 aromatic carbocycles. The van der Waals surface area contributed by atoms with Crippen LogP contribution in [0.25, 0.3) is 0 Å². The molecule has 1 heterocycles. The number of nitrogens with two attached hydrogens (primary N) is 1. The van der Waals surface area contributed by atoms with E-state index in [1.54, 1.807) is 19.1 Å². The molecule has 0 amide bonds. The third-order valence-corrected chi connectivity index (χ3v) is 2.26. The van der Waals surface area contributed by atoms with Gasteiger partial charge in [-0.15, -0.1) is 0 Å². The average molecular weight is 229 g/mol. The second kappa shape index (κ2) is 5.09. The fourth-order valence-electron chi connectivity index (χ4n) is 1.37. The van der Waals surface area contributed by atoms with E-state index in [2.05, 4.69) is 9.72 Å². The van der Waals surface area contributed by atoms with Crippen molar-refractivity contribution < 1.29 is 9.53 Å². The van der Waals surface area contributed by atoms with E-state index in [0.717, 1.165) is 11.3 Å². The van der Waals surface area contributed by atoms with Gasteiger partial charge < -0.3 is 10.5 Å². The van der Waals surface area contributed by atoms with Crippen LogP contribution in [0.4, 0.5) is 0 Å². The van der Waals surface area contributed by atoms with Gasteiger partial charge in [0.25, 0.3) is 0 Å². The minimum absolute atomic E-state index is 0.187. The summed E-state index contributed by atoms with van der Waals surface area (Å²) in [5, 5.41) is 0.354. The summed E-state index contributed by atoms with van der Waals surface area (Å²) in [5.74, 6) is -0.839. The van der Waals surface area contributed by atoms with Crippen molar-refractivity contribution >= 4 is 17.6 Å². The topological polar surface area (TPSA) is 65.2 Å². The lowest BCUT2D eigenvalue weighted by Gasteiger charge is -2.13. The fourth-order valence-corrected chi connectivity index (χ4v) is 1.62. The van der Waals surface area contributed by atoms with Gasteiger partial charge in [0.05, 0.1) is 13.0 Å². The molecule has 0 saturated heterocycles. The molecule has 5 heteroatoms. The molecule has 0 spiro atoms. The van der Waals surface area contributed by atoms with Gasteiger partial charge in [-0.05, 0) is 24.6 Å². The molecule has 0 fully saturated rings. The highest BCUT2D eigenvalue weighted by atomic mass is 35.5. The highest BCUT2D eigenvalue weighted by molar-refractivity contribution is 6.29. The summed E-state index contributed by atoms with van der Waals surface area (Å²) in [5.41, 5.74) is 7.00. The maximum atomic E-state index is 11.4. The SMILES string of the molecule is COC(=O)C(CN)c1cc(C)nc(Cl)c1. The molecule has 0 aliphatic rings. The molecule has 2 N–H and O–H groups in total. The van der Waals surface area contributed by atoms with Crippen LogP contribution < -0.4 is 5.73 Å². The van der Waals surface area contributed by atoms with Crippen LogP contribution in [0.15, 0.2) is 12.1 Å². The van der Waals surface area contributed by atoms with Crippen molar-refractivity contribution in [2.24, 2.45) is 5.73 Å². The van der Waals surface area contributed by atoms with Gasteiger partial charge in [-0.25, -0.2) is 4.98 Å². The van der Waals surface area contributed by atoms with E-state index >= 15 is 0 Å². The first-order valence-corrected chi connectivity index (χ1v) is 4.88. The maximum Gasteiger partial charge on any atom is 0.314 e. The Morgan fingerprint density at radius 2 is 2.33 bits per heavy atom. The smallest absolute Gasteiger partial charge is 0.314 e. The van der Waals surface area contributed by atoms with Crippen molar-refractivity contribution in [3.8, 4) is 0 Å². The minimum Gasteiger partial charge on any atom is -0.469 e.